The first kappa shape index (κ1) is 15.4. The van der Waals surface area contributed by atoms with Crippen molar-refractivity contribution in [1.82, 2.24) is 4.31 Å². The minimum Gasteiger partial charge on any atom is -0.392 e. The molecule has 1 saturated carbocycles. The predicted octanol–water partition coefficient (Wildman–Crippen LogP) is 2.27. The Balaban J connectivity index is 2.37. The fraction of sp³-hybridized carbons (Fsp3) is 0.571. The Morgan fingerprint density at radius 2 is 2.00 bits per heavy atom. The molecule has 6 heteroatoms. The van der Waals surface area contributed by atoms with Gasteiger partial charge in [-0.05, 0) is 31.0 Å². The number of rotatable bonds is 5. The third kappa shape index (κ3) is 2.87. The quantitative estimate of drug-likeness (QED) is 0.907. The van der Waals surface area contributed by atoms with Crippen LogP contribution in [0, 0.1) is 5.82 Å². The van der Waals surface area contributed by atoms with Gasteiger partial charge in [0.2, 0.25) is 10.0 Å². The third-order valence-electron chi connectivity index (χ3n) is 3.84. The lowest BCUT2D eigenvalue weighted by molar-refractivity contribution is 0.275. The number of benzene rings is 1. The Hall–Kier alpha value is -0.980. The molecule has 0 aliphatic heterocycles. The lowest BCUT2D eigenvalue weighted by Gasteiger charge is -2.26. The van der Waals surface area contributed by atoms with Crippen LogP contribution in [0.25, 0.3) is 0 Å². The van der Waals surface area contributed by atoms with Gasteiger partial charge >= 0.3 is 0 Å². The van der Waals surface area contributed by atoms with Gasteiger partial charge < -0.3 is 5.11 Å². The Kier molecular flexibility index (Phi) is 4.78. The second-order valence-electron chi connectivity index (χ2n) is 5.06. The van der Waals surface area contributed by atoms with Crippen molar-refractivity contribution in [3.8, 4) is 0 Å². The van der Waals surface area contributed by atoms with Crippen LogP contribution < -0.4 is 0 Å². The van der Waals surface area contributed by atoms with Gasteiger partial charge in [0, 0.05) is 18.2 Å². The van der Waals surface area contributed by atoms with Crippen LogP contribution in [0.2, 0.25) is 0 Å². The van der Waals surface area contributed by atoms with E-state index in [1.54, 1.807) is 0 Å². The van der Waals surface area contributed by atoms with Crippen LogP contribution in [0.1, 0.15) is 38.2 Å². The molecular weight excluding hydrogens is 281 g/mol. The van der Waals surface area contributed by atoms with Crippen LogP contribution in [0.3, 0.4) is 0 Å². The number of hydrogen-bond donors (Lipinski definition) is 1. The third-order valence-corrected chi connectivity index (χ3v) is 5.86. The zero-order valence-electron chi connectivity index (χ0n) is 11.5. The number of halogens is 1. The largest absolute Gasteiger partial charge is 0.392 e. The minimum absolute atomic E-state index is 0.00792. The highest BCUT2D eigenvalue weighted by molar-refractivity contribution is 7.89. The molecule has 112 valence electrons. The van der Waals surface area contributed by atoms with Crippen LogP contribution in [-0.4, -0.2) is 30.4 Å². The van der Waals surface area contributed by atoms with Crippen molar-refractivity contribution < 1.29 is 17.9 Å². The van der Waals surface area contributed by atoms with Crippen molar-refractivity contribution in [2.75, 3.05) is 6.54 Å². The Morgan fingerprint density at radius 1 is 1.35 bits per heavy atom. The first-order valence-electron chi connectivity index (χ1n) is 6.91. The van der Waals surface area contributed by atoms with Crippen molar-refractivity contribution in [2.24, 2.45) is 0 Å². The van der Waals surface area contributed by atoms with Crippen molar-refractivity contribution in [2.45, 2.75) is 50.2 Å². The Labute approximate surface area is 119 Å². The Bertz CT molecular complexity index is 568. The second-order valence-corrected chi connectivity index (χ2v) is 6.95. The van der Waals surface area contributed by atoms with E-state index < -0.39 is 22.4 Å². The number of nitrogens with zero attached hydrogens (tertiary/aromatic N) is 1. The van der Waals surface area contributed by atoms with Gasteiger partial charge in [-0.2, -0.15) is 4.31 Å². The summed E-state index contributed by atoms with van der Waals surface area (Å²) in [7, 11) is -3.63. The van der Waals surface area contributed by atoms with Crippen molar-refractivity contribution in [1.29, 1.82) is 0 Å². The fourth-order valence-corrected chi connectivity index (χ4v) is 4.53. The summed E-state index contributed by atoms with van der Waals surface area (Å²) in [6.45, 7) is 1.70. The van der Waals surface area contributed by atoms with E-state index in [1.165, 1.54) is 16.4 Å². The van der Waals surface area contributed by atoms with Gasteiger partial charge in [0.05, 0.1) is 11.5 Å². The van der Waals surface area contributed by atoms with Crippen molar-refractivity contribution >= 4 is 10.0 Å². The van der Waals surface area contributed by atoms with Crippen LogP contribution >= 0.6 is 0 Å². The molecule has 0 amide bonds. The molecule has 1 aliphatic rings. The van der Waals surface area contributed by atoms with E-state index in [4.69, 9.17) is 5.11 Å². The molecule has 1 fully saturated rings. The standard InChI is InChI=1S/C14H20FNO3S/c1-2-16(12-5-3-4-6-12)20(18,19)13-7-8-14(15)11(9-13)10-17/h7-9,12,17H,2-6,10H2,1H3. The van der Waals surface area contributed by atoms with E-state index in [0.29, 0.717) is 6.54 Å². The molecule has 0 saturated heterocycles. The topological polar surface area (TPSA) is 57.6 Å². The molecule has 4 nitrogen and oxygen atoms in total. The van der Waals surface area contributed by atoms with Gasteiger partial charge in [-0.25, -0.2) is 12.8 Å². The molecule has 0 unspecified atom stereocenters. The summed E-state index contributed by atoms with van der Waals surface area (Å²) in [6, 6.07) is 3.62. The molecule has 0 radical (unpaired) electrons. The smallest absolute Gasteiger partial charge is 0.243 e. The summed E-state index contributed by atoms with van der Waals surface area (Å²) >= 11 is 0. The molecule has 20 heavy (non-hydrogen) atoms. The second kappa shape index (κ2) is 6.20. The molecule has 0 aromatic heterocycles. The van der Waals surface area contributed by atoms with Gasteiger partial charge in [-0.15, -0.1) is 0 Å². The molecule has 1 aliphatic carbocycles. The van der Waals surface area contributed by atoms with Gasteiger partial charge in [0.1, 0.15) is 5.82 Å². The van der Waals surface area contributed by atoms with Gasteiger partial charge in [0.15, 0.2) is 0 Å². The highest BCUT2D eigenvalue weighted by Crippen LogP contribution is 2.29. The van der Waals surface area contributed by atoms with Crippen LogP contribution in [0.5, 0.6) is 0 Å². The maximum absolute atomic E-state index is 13.4. The summed E-state index contributed by atoms with van der Waals surface area (Å²) in [5, 5.41) is 9.07. The normalized spacial score (nSPS) is 17.0. The number of aliphatic hydroxyl groups excluding tert-OH is 1. The fourth-order valence-electron chi connectivity index (χ4n) is 2.78. The van der Waals surface area contributed by atoms with Gasteiger partial charge in [-0.1, -0.05) is 19.8 Å². The predicted molar refractivity (Wildman–Crippen MR) is 74.1 cm³/mol. The summed E-state index contributed by atoms with van der Waals surface area (Å²) in [5.41, 5.74) is 0.00792. The minimum atomic E-state index is -3.63. The van der Waals surface area contributed by atoms with Crippen LogP contribution in [0.15, 0.2) is 23.1 Å². The van der Waals surface area contributed by atoms with E-state index >= 15 is 0 Å². The van der Waals surface area contributed by atoms with E-state index in [1.807, 2.05) is 6.92 Å². The van der Waals surface area contributed by atoms with Crippen LogP contribution in [0.4, 0.5) is 4.39 Å². The first-order chi connectivity index (χ1) is 9.50. The molecule has 1 N–H and O–H groups in total. The molecule has 0 spiro atoms. The average molecular weight is 301 g/mol. The Morgan fingerprint density at radius 3 is 2.55 bits per heavy atom. The SMILES string of the molecule is CCN(C1CCCC1)S(=O)(=O)c1ccc(F)c(CO)c1. The molecule has 0 heterocycles. The first-order valence-corrected chi connectivity index (χ1v) is 8.35. The number of aliphatic hydroxyl groups is 1. The highest BCUT2D eigenvalue weighted by atomic mass is 32.2. The summed E-state index contributed by atoms with van der Waals surface area (Å²) in [5.74, 6) is -0.588. The molecule has 2 rings (SSSR count). The number of sulfonamides is 1. The van der Waals surface area contributed by atoms with E-state index in [-0.39, 0.29) is 16.5 Å². The molecule has 0 bridgehead atoms. The van der Waals surface area contributed by atoms with E-state index in [2.05, 4.69) is 0 Å². The van der Waals surface area contributed by atoms with Crippen LogP contribution in [-0.2, 0) is 16.6 Å². The van der Waals surface area contributed by atoms with Crippen molar-refractivity contribution in [3.63, 3.8) is 0 Å². The lowest BCUT2D eigenvalue weighted by atomic mass is 10.2. The lowest BCUT2D eigenvalue weighted by Crippen LogP contribution is -2.38. The zero-order chi connectivity index (χ0) is 14.8. The van der Waals surface area contributed by atoms with E-state index in [9.17, 15) is 12.8 Å². The molecular formula is C14H20FNO3S. The zero-order valence-corrected chi connectivity index (χ0v) is 12.4. The maximum atomic E-state index is 13.4. The van der Waals surface area contributed by atoms with E-state index in [0.717, 1.165) is 31.7 Å². The van der Waals surface area contributed by atoms with Crippen molar-refractivity contribution in [3.05, 3.63) is 29.6 Å². The van der Waals surface area contributed by atoms with Gasteiger partial charge in [0.25, 0.3) is 0 Å². The monoisotopic (exact) mass is 301 g/mol. The van der Waals surface area contributed by atoms with Gasteiger partial charge in [-0.3, -0.25) is 0 Å². The molecule has 1 aromatic carbocycles. The molecule has 0 atom stereocenters. The highest BCUT2D eigenvalue weighted by Gasteiger charge is 2.32. The summed E-state index contributed by atoms with van der Waals surface area (Å²) in [4.78, 5) is 0.0525. The summed E-state index contributed by atoms with van der Waals surface area (Å²) < 4.78 is 40.2. The number of hydrogen-bond acceptors (Lipinski definition) is 3. The molecule has 1 aromatic rings. The maximum Gasteiger partial charge on any atom is 0.243 e. The summed E-state index contributed by atoms with van der Waals surface area (Å²) in [6.07, 6.45) is 3.84. The average Bonchev–Trinajstić information content (AvgIpc) is 2.93.